The van der Waals surface area contributed by atoms with Crippen LogP contribution in [-0.2, 0) is 0 Å². The van der Waals surface area contributed by atoms with Crippen molar-refractivity contribution in [2.45, 2.75) is 0 Å². The lowest BCUT2D eigenvalue weighted by atomic mass is 10.1. The van der Waals surface area contributed by atoms with Crippen molar-refractivity contribution in [1.82, 2.24) is 9.97 Å². The zero-order valence-corrected chi connectivity index (χ0v) is 13.7. The number of nitrogens with one attached hydrogen (secondary N) is 3. The summed E-state index contributed by atoms with van der Waals surface area (Å²) in [6, 6.07) is 7.99. The molecule has 3 aromatic rings. The third-order valence-corrected chi connectivity index (χ3v) is 3.80. The Hall–Kier alpha value is -2.93. The number of carbonyl (C=O) groups excluding carboxylic acids is 1. The number of rotatable bonds is 4. The van der Waals surface area contributed by atoms with E-state index in [-0.39, 0.29) is 11.6 Å². The summed E-state index contributed by atoms with van der Waals surface area (Å²) in [5.41, 5.74) is 1.65. The highest BCUT2D eigenvalue weighted by atomic mass is 35.5. The Kier molecular flexibility index (Phi) is 4.18. The van der Waals surface area contributed by atoms with Crippen molar-refractivity contribution in [2.24, 2.45) is 0 Å². The fraction of sp³-hybridized carbons (Fsp3) is 0.125. The Morgan fingerprint density at radius 1 is 1.04 bits per heavy atom. The number of halogens is 1. The highest BCUT2D eigenvalue weighted by Crippen LogP contribution is 2.36. The van der Waals surface area contributed by atoms with Crippen LogP contribution in [0, 0.1) is 0 Å². The molecule has 124 valence electrons. The van der Waals surface area contributed by atoms with Gasteiger partial charge in [-0.3, -0.25) is 4.79 Å². The van der Waals surface area contributed by atoms with E-state index < -0.39 is 0 Å². The molecule has 0 atom stereocenters. The average Bonchev–Trinajstić information content (AvgIpc) is 2.94. The van der Waals surface area contributed by atoms with Crippen molar-refractivity contribution in [3.63, 3.8) is 0 Å². The van der Waals surface area contributed by atoms with Crippen LogP contribution in [0.25, 0.3) is 11.0 Å². The van der Waals surface area contributed by atoms with E-state index >= 15 is 0 Å². The number of benzene rings is 2. The topological polar surface area (TPSA) is 96.2 Å². The molecule has 7 nitrogen and oxygen atoms in total. The second-order valence-electron chi connectivity index (χ2n) is 4.98. The van der Waals surface area contributed by atoms with Crippen LogP contribution in [0.4, 0.5) is 5.69 Å². The van der Waals surface area contributed by atoms with Gasteiger partial charge >= 0.3 is 5.69 Å². The SMILES string of the molecule is COc1cc(NC(=O)c2ccc3[nH]c(=O)[nH]c3c2)c(OC)cc1Cl. The molecule has 0 bridgehead atoms. The second kappa shape index (κ2) is 6.29. The summed E-state index contributed by atoms with van der Waals surface area (Å²) < 4.78 is 10.4. The van der Waals surface area contributed by atoms with E-state index in [2.05, 4.69) is 15.3 Å². The van der Waals surface area contributed by atoms with Crippen LogP contribution in [0.5, 0.6) is 11.5 Å². The van der Waals surface area contributed by atoms with E-state index in [1.165, 1.54) is 14.2 Å². The van der Waals surface area contributed by atoms with Gasteiger partial charge < -0.3 is 24.8 Å². The minimum absolute atomic E-state index is 0.327. The maximum Gasteiger partial charge on any atom is 0.323 e. The number of fused-ring (bicyclic) bond motifs is 1. The molecule has 3 N–H and O–H groups in total. The minimum Gasteiger partial charge on any atom is -0.495 e. The van der Waals surface area contributed by atoms with Crippen LogP contribution in [0.3, 0.4) is 0 Å². The van der Waals surface area contributed by atoms with Gasteiger partial charge in [-0.25, -0.2) is 4.79 Å². The molecule has 3 rings (SSSR count). The molecule has 24 heavy (non-hydrogen) atoms. The van der Waals surface area contributed by atoms with Crippen LogP contribution in [0.1, 0.15) is 10.4 Å². The molecule has 0 aliphatic rings. The van der Waals surface area contributed by atoms with Gasteiger partial charge in [-0.1, -0.05) is 11.6 Å². The number of hydrogen-bond donors (Lipinski definition) is 3. The van der Waals surface area contributed by atoms with Gasteiger partial charge in [-0.05, 0) is 18.2 Å². The van der Waals surface area contributed by atoms with E-state index in [9.17, 15) is 9.59 Å². The minimum atomic E-state index is -0.360. The Morgan fingerprint density at radius 2 is 1.75 bits per heavy atom. The van der Waals surface area contributed by atoms with Crippen LogP contribution >= 0.6 is 11.6 Å². The van der Waals surface area contributed by atoms with Gasteiger partial charge in [0, 0.05) is 17.7 Å². The monoisotopic (exact) mass is 347 g/mol. The van der Waals surface area contributed by atoms with Gasteiger partial charge in [0.05, 0.1) is 36.0 Å². The summed E-state index contributed by atoms with van der Waals surface area (Å²) in [7, 11) is 2.96. The van der Waals surface area contributed by atoms with Gasteiger partial charge in [0.25, 0.3) is 5.91 Å². The Morgan fingerprint density at radius 3 is 2.46 bits per heavy atom. The van der Waals surface area contributed by atoms with Gasteiger partial charge in [-0.15, -0.1) is 0 Å². The first-order valence-electron chi connectivity index (χ1n) is 6.96. The fourth-order valence-corrected chi connectivity index (χ4v) is 2.56. The molecule has 0 radical (unpaired) electrons. The summed E-state index contributed by atoms with van der Waals surface area (Å²) in [5.74, 6) is 0.463. The first-order chi connectivity index (χ1) is 11.5. The first kappa shape index (κ1) is 15.9. The van der Waals surface area contributed by atoms with Crippen molar-refractivity contribution in [1.29, 1.82) is 0 Å². The number of anilines is 1. The predicted octanol–water partition coefficient (Wildman–Crippen LogP) is 2.78. The van der Waals surface area contributed by atoms with Crippen molar-refractivity contribution in [3.05, 3.63) is 51.4 Å². The lowest BCUT2D eigenvalue weighted by molar-refractivity contribution is 0.102. The number of aromatic nitrogens is 2. The van der Waals surface area contributed by atoms with E-state index in [1.807, 2.05) is 0 Å². The van der Waals surface area contributed by atoms with Crippen molar-refractivity contribution in [3.8, 4) is 11.5 Å². The van der Waals surface area contributed by atoms with E-state index in [0.717, 1.165) is 0 Å². The number of aromatic amines is 2. The lowest BCUT2D eigenvalue weighted by Gasteiger charge is -2.13. The highest BCUT2D eigenvalue weighted by molar-refractivity contribution is 6.32. The Bertz CT molecular complexity index is 977. The zero-order valence-electron chi connectivity index (χ0n) is 12.9. The molecule has 0 spiro atoms. The fourth-order valence-electron chi connectivity index (χ4n) is 2.33. The number of ether oxygens (including phenoxy) is 2. The number of methoxy groups -OCH3 is 2. The molecule has 8 heteroatoms. The van der Waals surface area contributed by atoms with Crippen LogP contribution in [-0.4, -0.2) is 30.1 Å². The van der Waals surface area contributed by atoms with Gasteiger partial charge in [-0.2, -0.15) is 0 Å². The van der Waals surface area contributed by atoms with Crippen molar-refractivity contribution in [2.75, 3.05) is 19.5 Å². The maximum absolute atomic E-state index is 12.5. The van der Waals surface area contributed by atoms with Crippen LogP contribution in [0.2, 0.25) is 5.02 Å². The summed E-state index contributed by atoms with van der Waals surface area (Å²) in [4.78, 5) is 29.0. The second-order valence-corrected chi connectivity index (χ2v) is 5.39. The molecule has 0 saturated heterocycles. The standard InChI is InChI=1S/C16H14ClN3O4/c1-23-13-7-12(14(24-2)6-9(13)17)18-15(21)8-3-4-10-11(5-8)20-16(22)19-10/h3-7H,1-2H3,(H,18,21)(H2,19,20,22). The summed E-state index contributed by atoms with van der Waals surface area (Å²) in [5, 5.41) is 3.12. The molecular formula is C16H14ClN3O4. The third kappa shape index (κ3) is 2.93. The van der Waals surface area contributed by atoms with Gasteiger partial charge in [0.15, 0.2) is 0 Å². The maximum atomic E-state index is 12.5. The van der Waals surface area contributed by atoms with E-state index in [0.29, 0.717) is 38.8 Å². The van der Waals surface area contributed by atoms with Crippen molar-refractivity contribution >= 4 is 34.2 Å². The number of amides is 1. The third-order valence-electron chi connectivity index (χ3n) is 3.50. The zero-order chi connectivity index (χ0) is 17.3. The predicted molar refractivity (Wildman–Crippen MR) is 91.4 cm³/mol. The molecule has 0 aliphatic carbocycles. The molecule has 1 heterocycles. The Labute approximate surface area is 141 Å². The summed E-state index contributed by atoms with van der Waals surface area (Å²) >= 11 is 6.05. The largest absolute Gasteiger partial charge is 0.495 e. The molecule has 0 fully saturated rings. The lowest BCUT2D eigenvalue weighted by Crippen LogP contribution is -2.12. The molecule has 0 unspecified atom stereocenters. The summed E-state index contributed by atoms with van der Waals surface area (Å²) in [6.07, 6.45) is 0. The van der Waals surface area contributed by atoms with Crippen molar-refractivity contribution < 1.29 is 14.3 Å². The van der Waals surface area contributed by atoms with Gasteiger partial charge in [0.2, 0.25) is 0 Å². The average molecular weight is 348 g/mol. The molecule has 0 aliphatic heterocycles. The van der Waals surface area contributed by atoms with Crippen LogP contribution < -0.4 is 20.5 Å². The number of hydrogen-bond acceptors (Lipinski definition) is 4. The number of H-pyrrole nitrogens is 2. The molecule has 2 aromatic carbocycles. The normalized spacial score (nSPS) is 10.6. The van der Waals surface area contributed by atoms with E-state index in [4.69, 9.17) is 21.1 Å². The molecule has 1 amide bonds. The Balaban J connectivity index is 1.94. The van der Waals surface area contributed by atoms with Crippen LogP contribution in [0.15, 0.2) is 35.1 Å². The smallest absolute Gasteiger partial charge is 0.323 e. The quantitative estimate of drug-likeness (QED) is 0.676. The first-order valence-corrected chi connectivity index (χ1v) is 7.34. The van der Waals surface area contributed by atoms with Gasteiger partial charge in [0.1, 0.15) is 11.5 Å². The molecular weight excluding hydrogens is 334 g/mol. The highest BCUT2D eigenvalue weighted by Gasteiger charge is 2.14. The van der Waals surface area contributed by atoms with E-state index in [1.54, 1.807) is 30.3 Å². The molecule has 1 aromatic heterocycles. The molecule has 0 saturated carbocycles. The number of imidazole rings is 1. The summed E-state index contributed by atoms with van der Waals surface area (Å²) in [6.45, 7) is 0. The number of carbonyl (C=O) groups is 1.